The summed E-state index contributed by atoms with van der Waals surface area (Å²) >= 11 is 0. The predicted molar refractivity (Wildman–Crippen MR) is 78.8 cm³/mol. The van der Waals surface area contributed by atoms with Gasteiger partial charge < -0.3 is 15.2 Å². The highest BCUT2D eigenvalue weighted by atomic mass is 16.5. The highest BCUT2D eigenvalue weighted by molar-refractivity contribution is 5.84. The van der Waals surface area contributed by atoms with E-state index in [0.717, 1.165) is 10.8 Å². The van der Waals surface area contributed by atoms with Gasteiger partial charge in [0.05, 0.1) is 12.6 Å². The Morgan fingerprint density at radius 1 is 1.25 bits per heavy atom. The van der Waals surface area contributed by atoms with Gasteiger partial charge in [-0.1, -0.05) is 37.3 Å². The lowest BCUT2D eigenvalue weighted by Crippen LogP contribution is -2.39. The maximum absolute atomic E-state index is 11.7. The van der Waals surface area contributed by atoms with Crippen LogP contribution in [0.4, 0.5) is 0 Å². The fourth-order valence-corrected chi connectivity index (χ4v) is 1.95. The van der Waals surface area contributed by atoms with Gasteiger partial charge in [0.15, 0.2) is 6.61 Å². The van der Waals surface area contributed by atoms with Crippen molar-refractivity contribution in [3.8, 4) is 5.75 Å². The predicted octanol–water partition coefficient (Wildman–Crippen LogP) is 2.11. The Kier molecular flexibility index (Phi) is 4.96. The van der Waals surface area contributed by atoms with Gasteiger partial charge in [-0.05, 0) is 29.3 Å². The molecule has 20 heavy (non-hydrogen) atoms. The lowest BCUT2D eigenvalue weighted by Gasteiger charge is -2.14. The Morgan fingerprint density at radius 2 is 2.00 bits per heavy atom. The molecule has 0 aliphatic carbocycles. The smallest absolute Gasteiger partial charge is 0.258 e. The van der Waals surface area contributed by atoms with Crippen LogP contribution in [-0.4, -0.2) is 30.3 Å². The Morgan fingerprint density at radius 3 is 2.70 bits per heavy atom. The van der Waals surface area contributed by atoms with E-state index in [-0.39, 0.29) is 25.2 Å². The molecule has 0 fully saturated rings. The largest absolute Gasteiger partial charge is 0.484 e. The average Bonchev–Trinajstić information content (AvgIpc) is 2.50. The fourth-order valence-electron chi connectivity index (χ4n) is 1.95. The van der Waals surface area contributed by atoms with E-state index >= 15 is 0 Å². The van der Waals surface area contributed by atoms with Crippen LogP contribution in [0.15, 0.2) is 42.5 Å². The summed E-state index contributed by atoms with van der Waals surface area (Å²) in [4.78, 5) is 11.7. The topological polar surface area (TPSA) is 58.6 Å². The van der Waals surface area contributed by atoms with Gasteiger partial charge in [-0.3, -0.25) is 4.79 Å². The third kappa shape index (κ3) is 3.71. The van der Waals surface area contributed by atoms with Crippen LogP contribution in [0, 0.1) is 0 Å². The van der Waals surface area contributed by atoms with E-state index < -0.39 is 0 Å². The number of aliphatic hydroxyl groups excluding tert-OH is 1. The summed E-state index contributed by atoms with van der Waals surface area (Å²) in [5.74, 6) is 0.440. The maximum Gasteiger partial charge on any atom is 0.258 e. The molecule has 1 atom stereocenters. The summed E-state index contributed by atoms with van der Waals surface area (Å²) < 4.78 is 5.47. The number of benzene rings is 2. The van der Waals surface area contributed by atoms with Gasteiger partial charge in [0.2, 0.25) is 0 Å². The fraction of sp³-hybridized carbons (Fsp3) is 0.312. The van der Waals surface area contributed by atoms with Crippen molar-refractivity contribution >= 4 is 16.7 Å². The molecule has 4 nitrogen and oxygen atoms in total. The molecule has 1 amide bonds. The molecule has 4 heteroatoms. The van der Waals surface area contributed by atoms with Crippen molar-refractivity contribution in [1.29, 1.82) is 0 Å². The molecule has 0 saturated carbocycles. The molecule has 0 bridgehead atoms. The van der Waals surface area contributed by atoms with Crippen molar-refractivity contribution in [2.75, 3.05) is 13.2 Å². The van der Waals surface area contributed by atoms with Gasteiger partial charge in [-0.15, -0.1) is 0 Å². The number of hydrogen-bond acceptors (Lipinski definition) is 3. The number of carbonyl (C=O) groups excluding carboxylic acids is 1. The summed E-state index contributed by atoms with van der Waals surface area (Å²) in [5.41, 5.74) is 0. The van der Waals surface area contributed by atoms with Crippen LogP contribution in [0.3, 0.4) is 0 Å². The minimum absolute atomic E-state index is 0.0468. The maximum atomic E-state index is 11.7. The van der Waals surface area contributed by atoms with Gasteiger partial charge in [0.25, 0.3) is 5.91 Å². The number of carbonyl (C=O) groups is 1. The first kappa shape index (κ1) is 14.3. The SMILES string of the molecule is CCC(CO)NC(=O)COc1ccc2ccccc2c1. The Hall–Kier alpha value is -2.07. The zero-order valence-electron chi connectivity index (χ0n) is 11.5. The van der Waals surface area contributed by atoms with E-state index in [0.29, 0.717) is 12.2 Å². The summed E-state index contributed by atoms with van der Waals surface area (Å²) in [5, 5.41) is 13.9. The Balaban J connectivity index is 1.93. The molecule has 0 aliphatic heterocycles. The average molecular weight is 273 g/mol. The van der Waals surface area contributed by atoms with E-state index in [2.05, 4.69) is 5.32 Å². The van der Waals surface area contributed by atoms with E-state index in [9.17, 15) is 4.79 Å². The molecule has 0 spiro atoms. The zero-order valence-corrected chi connectivity index (χ0v) is 11.5. The number of ether oxygens (including phenoxy) is 1. The van der Waals surface area contributed by atoms with Crippen molar-refractivity contribution in [2.24, 2.45) is 0 Å². The van der Waals surface area contributed by atoms with Crippen molar-refractivity contribution in [1.82, 2.24) is 5.32 Å². The quantitative estimate of drug-likeness (QED) is 0.847. The lowest BCUT2D eigenvalue weighted by atomic mass is 10.1. The van der Waals surface area contributed by atoms with E-state index in [4.69, 9.17) is 9.84 Å². The van der Waals surface area contributed by atoms with Crippen molar-refractivity contribution < 1.29 is 14.6 Å². The second-order valence-corrected chi connectivity index (χ2v) is 4.65. The molecule has 0 heterocycles. The molecule has 0 saturated heterocycles. The number of hydrogen-bond donors (Lipinski definition) is 2. The van der Waals surface area contributed by atoms with Gasteiger partial charge in [-0.25, -0.2) is 0 Å². The third-order valence-corrected chi connectivity index (χ3v) is 3.17. The second kappa shape index (κ2) is 6.91. The van der Waals surface area contributed by atoms with Crippen LogP contribution in [0.5, 0.6) is 5.75 Å². The molecular weight excluding hydrogens is 254 g/mol. The van der Waals surface area contributed by atoms with Crippen molar-refractivity contribution in [3.05, 3.63) is 42.5 Å². The first-order chi connectivity index (χ1) is 9.72. The monoisotopic (exact) mass is 273 g/mol. The van der Waals surface area contributed by atoms with Crippen molar-refractivity contribution in [2.45, 2.75) is 19.4 Å². The van der Waals surface area contributed by atoms with Gasteiger partial charge in [-0.2, -0.15) is 0 Å². The second-order valence-electron chi connectivity index (χ2n) is 4.65. The number of amides is 1. The molecule has 0 aromatic heterocycles. The third-order valence-electron chi connectivity index (χ3n) is 3.17. The molecular formula is C16H19NO3. The van der Waals surface area contributed by atoms with Crippen LogP contribution >= 0.6 is 0 Å². The summed E-state index contributed by atoms with van der Waals surface area (Å²) in [6.07, 6.45) is 0.693. The number of rotatable bonds is 6. The minimum atomic E-state index is -0.223. The van der Waals surface area contributed by atoms with Crippen LogP contribution in [0.25, 0.3) is 10.8 Å². The first-order valence-electron chi connectivity index (χ1n) is 6.74. The number of nitrogens with one attached hydrogen (secondary N) is 1. The van der Waals surface area contributed by atoms with E-state index in [1.54, 1.807) is 0 Å². The molecule has 2 aromatic rings. The lowest BCUT2D eigenvalue weighted by molar-refractivity contribution is -0.124. The van der Waals surface area contributed by atoms with E-state index in [1.165, 1.54) is 0 Å². The summed E-state index contributed by atoms with van der Waals surface area (Å²) in [6.45, 7) is 1.80. The molecule has 1 unspecified atom stereocenters. The van der Waals surface area contributed by atoms with Crippen LogP contribution in [0.2, 0.25) is 0 Å². The van der Waals surface area contributed by atoms with Crippen LogP contribution in [-0.2, 0) is 4.79 Å². The summed E-state index contributed by atoms with van der Waals surface area (Å²) in [6, 6.07) is 13.5. The molecule has 2 rings (SSSR count). The highest BCUT2D eigenvalue weighted by Crippen LogP contribution is 2.20. The van der Waals surface area contributed by atoms with Gasteiger partial charge in [0.1, 0.15) is 5.75 Å². The normalized spacial score (nSPS) is 12.1. The summed E-state index contributed by atoms with van der Waals surface area (Å²) in [7, 11) is 0. The van der Waals surface area contributed by atoms with Gasteiger partial charge >= 0.3 is 0 Å². The number of aliphatic hydroxyl groups is 1. The molecule has 2 aromatic carbocycles. The van der Waals surface area contributed by atoms with Crippen LogP contribution < -0.4 is 10.1 Å². The van der Waals surface area contributed by atoms with E-state index in [1.807, 2.05) is 49.4 Å². The Labute approximate surface area is 118 Å². The molecule has 2 N–H and O–H groups in total. The molecule has 0 radical (unpaired) electrons. The standard InChI is InChI=1S/C16H19NO3/c1-2-14(10-18)17-16(19)11-20-15-8-7-12-5-3-4-6-13(12)9-15/h3-9,14,18H,2,10-11H2,1H3,(H,17,19). The zero-order chi connectivity index (χ0) is 14.4. The Bertz CT molecular complexity index is 579. The molecule has 106 valence electrons. The van der Waals surface area contributed by atoms with Crippen molar-refractivity contribution in [3.63, 3.8) is 0 Å². The first-order valence-corrected chi connectivity index (χ1v) is 6.74. The highest BCUT2D eigenvalue weighted by Gasteiger charge is 2.09. The van der Waals surface area contributed by atoms with Gasteiger partial charge in [0, 0.05) is 0 Å². The molecule has 0 aliphatic rings. The van der Waals surface area contributed by atoms with Crippen LogP contribution in [0.1, 0.15) is 13.3 Å². The number of fused-ring (bicyclic) bond motifs is 1. The minimum Gasteiger partial charge on any atom is -0.484 e.